The van der Waals surface area contributed by atoms with Crippen LogP contribution in [0.1, 0.15) is 84.0 Å². The molecule has 0 aromatic heterocycles. The molecule has 24 heavy (non-hydrogen) atoms. The van der Waals surface area contributed by atoms with Crippen molar-refractivity contribution in [3.63, 3.8) is 0 Å². The smallest absolute Gasteiger partial charge is 0.303 e. The second-order valence-corrected chi connectivity index (χ2v) is 9.03. The molecular formula is C21H36O2S. The van der Waals surface area contributed by atoms with Gasteiger partial charge in [0.1, 0.15) is 0 Å². The standard InChI is InChI=1S/C21H36O2S/c1-2-3-4-7-10-15-24-21-18-14-13-17(16-18)19(21)11-8-5-6-9-12-20(22)23/h5,8,17-19,21H,2-4,6-7,9-16H2,1H3,(H,22,23)/t17-,18+,19-,21+/m1/s1. The third-order valence-electron chi connectivity index (χ3n) is 5.90. The summed E-state index contributed by atoms with van der Waals surface area (Å²) in [7, 11) is 0. The van der Waals surface area contributed by atoms with Crippen molar-refractivity contribution in [2.24, 2.45) is 17.8 Å². The molecule has 0 radical (unpaired) electrons. The second kappa shape index (κ2) is 11.2. The number of carboxylic acid groups (broad SMARTS) is 1. The van der Waals surface area contributed by atoms with Crippen LogP contribution in [0.2, 0.25) is 0 Å². The monoisotopic (exact) mass is 352 g/mol. The summed E-state index contributed by atoms with van der Waals surface area (Å²) in [5.74, 6) is 3.53. The van der Waals surface area contributed by atoms with Crippen molar-refractivity contribution in [2.75, 3.05) is 5.75 Å². The van der Waals surface area contributed by atoms with E-state index in [1.165, 1.54) is 63.5 Å². The maximum atomic E-state index is 10.5. The molecule has 0 unspecified atom stereocenters. The maximum Gasteiger partial charge on any atom is 0.303 e. The van der Waals surface area contributed by atoms with E-state index in [2.05, 4.69) is 30.8 Å². The van der Waals surface area contributed by atoms with Gasteiger partial charge in [0.25, 0.3) is 0 Å². The van der Waals surface area contributed by atoms with Crippen molar-refractivity contribution < 1.29 is 9.90 Å². The lowest BCUT2D eigenvalue weighted by atomic mass is 9.86. The van der Waals surface area contributed by atoms with Crippen LogP contribution >= 0.6 is 11.8 Å². The number of rotatable bonds is 13. The first kappa shape index (κ1) is 19.9. The molecule has 2 aliphatic carbocycles. The quantitative estimate of drug-likeness (QED) is 0.312. The summed E-state index contributed by atoms with van der Waals surface area (Å²) in [6.45, 7) is 2.28. The zero-order chi connectivity index (χ0) is 17.2. The molecule has 2 bridgehead atoms. The Morgan fingerprint density at radius 1 is 1.08 bits per heavy atom. The van der Waals surface area contributed by atoms with Crippen LogP contribution in [0.3, 0.4) is 0 Å². The molecule has 3 heteroatoms. The van der Waals surface area contributed by atoms with Crippen LogP contribution in [0.5, 0.6) is 0 Å². The van der Waals surface area contributed by atoms with Crippen molar-refractivity contribution in [3.05, 3.63) is 12.2 Å². The average molecular weight is 353 g/mol. The molecule has 138 valence electrons. The fraction of sp³-hybridized carbons (Fsp3) is 0.857. The molecule has 2 rings (SSSR count). The van der Waals surface area contributed by atoms with Crippen LogP contribution in [-0.4, -0.2) is 22.1 Å². The molecule has 2 saturated carbocycles. The van der Waals surface area contributed by atoms with Crippen LogP contribution in [0.4, 0.5) is 0 Å². The molecule has 0 amide bonds. The van der Waals surface area contributed by atoms with E-state index in [0.717, 1.165) is 35.8 Å². The van der Waals surface area contributed by atoms with Crippen LogP contribution in [0.15, 0.2) is 12.2 Å². The maximum absolute atomic E-state index is 10.5. The minimum atomic E-state index is -0.674. The normalized spacial score (nSPS) is 28.9. The Morgan fingerprint density at radius 3 is 2.67 bits per heavy atom. The van der Waals surface area contributed by atoms with Gasteiger partial charge in [0, 0.05) is 11.7 Å². The van der Waals surface area contributed by atoms with Crippen LogP contribution in [-0.2, 0) is 4.79 Å². The Hall–Kier alpha value is -0.440. The van der Waals surface area contributed by atoms with E-state index in [4.69, 9.17) is 5.11 Å². The van der Waals surface area contributed by atoms with E-state index in [0.29, 0.717) is 6.42 Å². The molecule has 0 aromatic carbocycles. The van der Waals surface area contributed by atoms with Crippen LogP contribution < -0.4 is 0 Å². The summed E-state index contributed by atoms with van der Waals surface area (Å²) < 4.78 is 0. The number of thioether (sulfide) groups is 1. The van der Waals surface area contributed by atoms with E-state index in [-0.39, 0.29) is 0 Å². The van der Waals surface area contributed by atoms with E-state index < -0.39 is 5.97 Å². The molecule has 0 aromatic rings. The van der Waals surface area contributed by atoms with Gasteiger partial charge in [0.15, 0.2) is 0 Å². The van der Waals surface area contributed by atoms with Gasteiger partial charge >= 0.3 is 5.97 Å². The Balaban J connectivity index is 1.65. The molecule has 1 N–H and O–H groups in total. The third-order valence-corrected chi connectivity index (χ3v) is 7.54. The van der Waals surface area contributed by atoms with Crippen LogP contribution in [0.25, 0.3) is 0 Å². The summed E-state index contributed by atoms with van der Waals surface area (Å²) in [4.78, 5) is 10.5. The number of hydrogen-bond acceptors (Lipinski definition) is 2. The Kier molecular flexibility index (Phi) is 9.30. The molecule has 0 spiro atoms. The van der Waals surface area contributed by atoms with Crippen molar-refractivity contribution in [1.29, 1.82) is 0 Å². The van der Waals surface area contributed by atoms with E-state index in [1.807, 2.05) is 0 Å². The lowest BCUT2D eigenvalue weighted by molar-refractivity contribution is -0.137. The number of aliphatic carboxylic acids is 1. The van der Waals surface area contributed by atoms with Gasteiger partial charge in [0.05, 0.1) is 0 Å². The number of fused-ring (bicyclic) bond motifs is 2. The van der Waals surface area contributed by atoms with Gasteiger partial charge < -0.3 is 5.11 Å². The fourth-order valence-corrected chi connectivity index (χ4v) is 6.35. The molecular weight excluding hydrogens is 316 g/mol. The minimum Gasteiger partial charge on any atom is -0.481 e. The number of allylic oxidation sites excluding steroid dienone is 2. The predicted octanol–water partition coefficient (Wildman–Crippen LogP) is 6.31. The first-order valence-corrected chi connectivity index (χ1v) is 11.3. The number of carbonyl (C=O) groups is 1. The molecule has 4 atom stereocenters. The summed E-state index contributed by atoms with van der Waals surface area (Å²) in [6.07, 6.45) is 19.1. The Morgan fingerprint density at radius 2 is 1.88 bits per heavy atom. The van der Waals surface area contributed by atoms with Gasteiger partial charge in [-0.1, -0.05) is 44.8 Å². The van der Waals surface area contributed by atoms with Gasteiger partial charge in [-0.05, 0) is 68.5 Å². The van der Waals surface area contributed by atoms with E-state index in [9.17, 15) is 4.79 Å². The van der Waals surface area contributed by atoms with E-state index >= 15 is 0 Å². The fourth-order valence-electron chi connectivity index (χ4n) is 4.61. The van der Waals surface area contributed by atoms with Gasteiger partial charge in [-0.25, -0.2) is 0 Å². The van der Waals surface area contributed by atoms with Crippen molar-refractivity contribution >= 4 is 17.7 Å². The van der Waals surface area contributed by atoms with Gasteiger partial charge in [0.2, 0.25) is 0 Å². The van der Waals surface area contributed by atoms with Crippen molar-refractivity contribution in [2.45, 2.75) is 89.2 Å². The molecule has 0 saturated heterocycles. The van der Waals surface area contributed by atoms with Gasteiger partial charge in [-0.15, -0.1) is 0 Å². The average Bonchev–Trinajstić information content (AvgIpc) is 3.15. The number of unbranched alkanes of at least 4 members (excludes halogenated alkanes) is 5. The SMILES string of the molecule is CCCCCCCS[C@H]1[C@H]2CC[C@H](C2)[C@H]1CC=CCCCC(=O)O. The number of hydrogen-bond donors (Lipinski definition) is 1. The lowest BCUT2D eigenvalue weighted by Crippen LogP contribution is -2.24. The molecule has 0 aliphatic heterocycles. The highest BCUT2D eigenvalue weighted by molar-refractivity contribution is 7.99. The highest BCUT2D eigenvalue weighted by Crippen LogP contribution is 2.54. The third kappa shape index (κ3) is 6.46. The molecule has 2 aliphatic rings. The Bertz CT molecular complexity index is 393. The largest absolute Gasteiger partial charge is 0.481 e. The summed E-state index contributed by atoms with van der Waals surface area (Å²) in [5.41, 5.74) is 0. The first-order chi connectivity index (χ1) is 11.7. The topological polar surface area (TPSA) is 37.3 Å². The predicted molar refractivity (Wildman–Crippen MR) is 105 cm³/mol. The van der Waals surface area contributed by atoms with Crippen molar-refractivity contribution in [3.8, 4) is 0 Å². The molecule has 2 fully saturated rings. The molecule has 2 nitrogen and oxygen atoms in total. The zero-order valence-corrected chi connectivity index (χ0v) is 16.2. The second-order valence-electron chi connectivity index (χ2n) is 7.74. The minimum absolute atomic E-state index is 0.301. The van der Waals surface area contributed by atoms with Gasteiger partial charge in [-0.2, -0.15) is 11.8 Å². The lowest BCUT2D eigenvalue weighted by Gasteiger charge is -2.30. The van der Waals surface area contributed by atoms with Gasteiger partial charge in [-0.3, -0.25) is 4.79 Å². The van der Waals surface area contributed by atoms with E-state index in [1.54, 1.807) is 0 Å². The summed E-state index contributed by atoms with van der Waals surface area (Å²) >= 11 is 2.27. The zero-order valence-electron chi connectivity index (χ0n) is 15.4. The molecule has 0 heterocycles. The van der Waals surface area contributed by atoms with Crippen molar-refractivity contribution in [1.82, 2.24) is 0 Å². The first-order valence-electron chi connectivity index (χ1n) is 10.2. The highest BCUT2D eigenvalue weighted by atomic mass is 32.2. The van der Waals surface area contributed by atoms with Crippen LogP contribution in [0, 0.1) is 17.8 Å². The Labute approximate surface area is 152 Å². The summed E-state index contributed by atoms with van der Waals surface area (Å²) in [6, 6.07) is 0. The summed E-state index contributed by atoms with van der Waals surface area (Å²) in [5, 5.41) is 9.57. The number of carboxylic acids is 1. The highest BCUT2D eigenvalue weighted by Gasteiger charge is 2.46.